The smallest absolute Gasteiger partial charge is 0.164 e. The van der Waals surface area contributed by atoms with E-state index in [0.717, 1.165) is 32.9 Å². The van der Waals surface area contributed by atoms with Gasteiger partial charge in [-0.2, -0.15) is 0 Å². The highest BCUT2D eigenvalue weighted by molar-refractivity contribution is 9.11. The molecule has 18 heavy (non-hydrogen) atoms. The molecule has 0 unspecified atom stereocenters. The van der Waals surface area contributed by atoms with Crippen molar-refractivity contribution in [3.63, 3.8) is 0 Å². The summed E-state index contributed by atoms with van der Waals surface area (Å²) in [7, 11) is 0. The number of aryl methyl sites for hydroxylation is 1. The predicted octanol–water partition coefficient (Wildman–Crippen LogP) is 6.06. The first kappa shape index (κ1) is 15.9. The summed E-state index contributed by atoms with van der Waals surface area (Å²) in [5.74, 6) is 0.235. The van der Waals surface area contributed by atoms with E-state index in [9.17, 15) is 4.79 Å². The lowest BCUT2D eigenvalue weighted by atomic mass is 10.0. The molecular weight excluding hydrogens is 356 g/mol. The van der Waals surface area contributed by atoms with Gasteiger partial charge in [-0.3, -0.25) is 4.79 Å². The van der Waals surface area contributed by atoms with Crippen molar-refractivity contribution in [1.29, 1.82) is 0 Å². The van der Waals surface area contributed by atoms with Crippen molar-refractivity contribution in [3.8, 4) is 0 Å². The van der Waals surface area contributed by atoms with Gasteiger partial charge in [0.25, 0.3) is 0 Å². The van der Waals surface area contributed by atoms with Gasteiger partial charge in [0.2, 0.25) is 0 Å². The molecular formula is C15H20Br2O. The quantitative estimate of drug-likeness (QED) is 0.418. The van der Waals surface area contributed by atoms with Gasteiger partial charge in [0.1, 0.15) is 0 Å². The number of unbranched alkanes of at least 4 members (excludes halogenated alkanes) is 4. The molecule has 0 atom stereocenters. The van der Waals surface area contributed by atoms with Crippen molar-refractivity contribution in [2.45, 2.75) is 52.4 Å². The van der Waals surface area contributed by atoms with E-state index < -0.39 is 0 Å². The number of hydrogen-bond donors (Lipinski definition) is 0. The molecule has 0 radical (unpaired) electrons. The first-order valence-corrected chi connectivity index (χ1v) is 8.13. The van der Waals surface area contributed by atoms with E-state index in [1.165, 1.54) is 19.3 Å². The van der Waals surface area contributed by atoms with E-state index >= 15 is 0 Å². The van der Waals surface area contributed by atoms with E-state index in [1.807, 2.05) is 19.1 Å². The average Bonchev–Trinajstić information content (AvgIpc) is 2.33. The fourth-order valence-electron chi connectivity index (χ4n) is 1.88. The molecule has 0 aliphatic carbocycles. The van der Waals surface area contributed by atoms with Gasteiger partial charge in [-0.1, -0.05) is 64.5 Å². The van der Waals surface area contributed by atoms with Crippen molar-refractivity contribution < 1.29 is 4.79 Å². The van der Waals surface area contributed by atoms with Crippen LogP contribution in [0.1, 0.15) is 61.4 Å². The van der Waals surface area contributed by atoms with Gasteiger partial charge >= 0.3 is 0 Å². The lowest BCUT2D eigenvalue weighted by Gasteiger charge is -2.07. The van der Waals surface area contributed by atoms with E-state index in [0.29, 0.717) is 6.42 Å². The van der Waals surface area contributed by atoms with Crippen molar-refractivity contribution in [1.82, 2.24) is 0 Å². The molecule has 0 N–H and O–H groups in total. The minimum atomic E-state index is 0.235. The monoisotopic (exact) mass is 374 g/mol. The molecule has 0 aromatic heterocycles. The molecule has 1 nitrogen and oxygen atoms in total. The second kappa shape index (κ2) is 8.11. The van der Waals surface area contributed by atoms with Gasteiger partial charge in [-0.15, -0.1) is 0 Å². The Kier molecular flexibility index (Phi) is 7.16. The van der Waals surface area contributed by atoms with Gasteiger partial charge in [-0.05, 0) is 31.0 Å². The molecule has 0 saturated carbocycles. The Balaban J connectivity index is 2.54. The fourth-order valence-corrected chi connectivity index (χ4v) is 2.91. The summed E-state index contributed by atoms with van der Waals surface area (Å²) in [6.07, 6.45) is 6.56. The van der Waals surface area contributed by atoms with Crippen LogP contribution in [0.25, 0.3) is 0 Å². The van der Waals surface area contributed by atoms with Gasteiger partial charge in [0.05, 0.1) is 0 Å². The third-order valence-corrected chi connectivity index (χ3v) is 4.57. The third-order valence-electron chi connectivity index (χ3n) is 3.06. The molecule has 100 valence electrons. The Bertz CT molecular complexity index is 413. The summed E-state index contributed by atoms with van der Waals surface area (Å²) in [5, 5.41) is 0. The van der Waals surface area contributed by atoms with Gasteiger partial charge in [-0.25, -0.2) is 0 Å². The van der Waals surface area contributed by atoms with Crippen molar-refractivity contribution in [3.05, 3.63) is 32.2 Å². The van der Waals surface area contributed by atoms with Crippen molar-refractivity contribution in [2.75, 3.05) is 0 Å². The Morgan fingerprint density at radius 3 is 2.39 bits per heavy atom. The van der Waals surface area contributed by atoms with Gasteiger partial charge < -0.3 is 0 Å². The lowest BCUT2D eigenvalue weighted by Crippen LogP contribution is -2.01. The summed E-state index contributed by atoms with van der Waals surface area (Å²) in [5.41, 5.74) is 1.93. The SMILES string of the molecule is CCCCCCCC(=O)c1cc(Br)c(C)cc1Br. The van der Waals surface area contributed by atoms with E-state index in [4.69, 9.17) is 0 Å². The second-order valence-corrected chi connectivity index (χ2v) is 6.38. The predicted molar refractivity (Wildman–Crippen MR) is 84.3 cm³/mol. The standard InChI is InChI=1S/C15H20Br2O/c1-3-4-5-6-7-8-15(18)12-10-13(16)11(2)9-14(12)17/h9-10H,3-8H2,1-2H3. The Morgan fingerprint density at radius 1 is 1.06 bits per heavy atom. The van der Waals surface area contributed by atoms with Crippen LogP contribution in [0.3, 0.4) is 0 Å². The Hall–Kier alpha value is -0.150. The molecule has 0 saturated heterocycles. The molecule has 0 amide bonds. The highest BCUT2D eigenvalue weighted by atomic mass is 79.9. The summed E-state index contributed by atoms with van der Waals surface area (Å²) < 4.78 is 1.90. The van der Waals surface area contributed by atoms with Gasteiger partial charge in [0, 0.05) is 20.9 Å². The number of rotatable bonds is 7. The highest BCUT2D eigenvalue weighted by Crippen LogP contribution is 2.27. The normalized spacial score (nSPS) is 10.7. The minimum absolute atomic E-state index is 0.235. The molecule has 0 spiro atoms. The molecule has 0 bridgehead atoms. The van der Waals surface area contributed by atoms with Crippen LogP contribution in [-0.2, 0) is 0 Å². The zero-order valence-electron chi connectivity index (χ0n) is 11.1. The summed E-state index contributed by atoms with van der Waals surface area (Å²) in [6.45, 7) is 4.22. The van der Waals surface area contributed by atoms with Crippen LogP contribution in [0.15, 0.2) is 21.1 Å². The van der Waals surface area contributed by atoms with Gasteiger partial charge in [0.15, 0.2) is 5.78 Å². The maximum atomic E-state index is 12.1. The summed E-state index contributed by atoms with van der Waals surface area (Å²) >= 11 is 6.95. The first-order chi connectivity index (χ1) is 8.56. The zero-order valence-corrected chi connectivity index (χ0v) is 14.2. The minimum Gasteiger partial charge on any atom is -0.294 e. The van der Waals surface area contributed by atoms with Crippen LogP contribution in [0.2, 0.25) is 0 Å². The number of carbonyl (C=O) groups is 1. The second-order valence-electron chi connectivity index (χ2n) is 4.67. The van der Waals surface area contributed by atoms with Crippen LogP contribution in [0.5, 0.6) is 0 Å². The Morgan fingerprint density at radius 2 is 1.72 bits per heavy atom. The summed E-state index contributed by atoms with van der Waals surface area (Å²) in [4.78, 5) is 12.1. The number of halogens is 2. The number of carbonyl (C=O) groups excluding carboxylic acids is 1. The Labute approximate surface area is 127 Å². The maximum Gasteiger partial charge on any atom is 0.164 e. The van der Waals surface area contributed by atoms with E-state index in [2.05, 4.69) is 38.8 Å². The first-order valence-electron chi connectivity index (χ1n) is 6.55. The summed E-state index contributed by atoms with van der Waals surface area (Å²) in [6, 6.07) is 3.92. The molecule has 1 rings (SSSR count). The maximum absolute atomic E-state index is 12.1. The van der Waals surface area contributed by atoms with Crippen LogP contribution in [0.4, 0.5) is 0 Å². The molecule has 0 heterocycles. The fraction of sp³-hybridized carbons (Fsp3) is 0.533. The number of benzene rings is 1. The average molecular weight is 376 g/mol. The van der Waals surface area contributed by atoms with Crippen LogP contribution < -0.4 is 0 Å². The molecule has 1 aromatic rings. The molecule has 0 aliphatic heterocycles. The highest BCUT2D eigenvalue weighted by Gasteiger charge is 2.11. The number of Topliss-reactive ketones (excluding diaryl/α,β-unsaturated/α-hetero) is 1. The third kappa shape index (κ3) is 4.85. The number of ketones is 1. The zero-order chi connectivity index (χ0) is 13.5. The molecule has 1 aromatic carbocycles. The van der Waals surface area contributed by atoms with Crippen molar-refractivity contribution >= 4 is 37.6 Å². The lowest BCUT2D eigenvalue weighted by molar-refractivity contribution is 0.0978. The van der Waals surface area contributed by atoms with Crippen LogP contribution in [0, 0.1) is 6.92 Å². The van der Waals surface area contributed by atoms with Crippen LogP contribution >= 0.6 is 31.9 Å². The molecule has 0 fully saturated rings. The van der Waals surface area contributed by atoms with Crippen LogP contribution in [-0.4, -0.2) is 5.78 Å². The van der Waals surface area contributed by atoms with E-state index in [-0.39, 0.29) is 5.78 Å². The largest absolute Gasteiger partial charge is 0.294 e. The van der Waals surface area contributed by atoms with E-state index in [1.54, 1.807) is 0 Å². The topological polar surface area (TPSA) is 17.1 Å². The molecule has 3 heteroatoms. The van der Waals surface area contributed by atoms with Crippen molar-refractivity contribution in [2.24, 2.45) is 0 Å². The molecule has 0 aliphatic rings. The number of hydrogen-bond acceptors (Lipinski definition) is 1.